The maximum absolute atomic E-state index is 12.2. The zero-order valence-corrected chi connectivity index (χ0v) is 17.0. The highest BCUT2D eigenvalue weighted by Gasteiger charge is 2.24. The van der Waals surface area contributed by atoms with Gasteiger partial charge in [-0.1, -0.05) is 6.07 Å². The number of nitrogens with zero attached hydrogens (tertiary/aromatic N) is 5. The van der Waals surface area contributed by atoms with Gasteiger partial charge in [0.2, 0.25) is 15.0 Å². The summed E-state index contributed by atoms with van der Waals surface area (Å²) in [6, 6.07) is 5.91. The van der Waals surface area contributed by atoms with E-state index in [1.807, 2.05) is 37.6 Å². The predicted molar refractivity (Wildman–Crippen MR) is 105 cm³/mol. The Balaban J connectivity index is 1.55. The van der Waals surface area contributed by atoms with Crippen LogP contribution in [-0.2, 0) is 34.2 Å². The fourth-order valence-corrected chi connectivity index (χ4v) is 4.55. The number of pyridine rings is 1. The van der Waals surface area contributed by atoms with Crippen LogP contribution in [-0.4, -0.2) is 58.3 Å². The molecule has 4 heterocycles. The van der Waals surface area contributed by atoms with Gasteiger partial charge in [0.05, 0.1) is 36.4 Å². The highest BCUT2D eigenvalue weighted by molar-refractivity contribution is 7.90. The van der Waals surface area contributed by atoms with Crippen LogP contribution in [0.5, 0.6) is 0 Å². The molecular weight excluding hydrogens is 378 g/mol. The number of hydrogen-bond donors (Lipinski definition) is 0. The minimum atomic E-state index is -3.41. The molecule has 28 heavy (non-hydrogen) atoms. The lowest BCUT2D eigenvalue weighted by Gasteiger charge is -2.20. The molecule has 0 aromatic carbocycles. The number of aromatic nitrogens is 4. The molecule has 0 unspecified atom stereocenters. The Bertz CT molecular complexity index is 1070. The summed E-state index contributed by atoms with van der Waals surface area (Å²) >= 11 is 0. The van der Waals surface area contributed by atoms with Gasteiger partial charge < -0.3 is 13.7 Å². The van der Waals surface area contributed by atoms with E-state index in [4.69, 9.17) is 4.74 Å². The van der Waals surface area contributed by atoms with E-state index in [-0.39, 0.29) is 11.3 Å². The van der Waals surface area contributed by atoms with Crippen LogP contribution in [0.2, 0.25) is 0 Å². The first-order chi connectivity index (χ1) is 13.4. The van der Waals surface area contributed by atoms with E-state index in [1.165, 1.54) is 6.26 Å². The molecule has 1 aliphatic heterocycles. The smallest absolute Gasteiger partial charge is 0.227 e. The average Bonchev–Trinajstić information content (AvgIpc) is 3.37. The predicted octanol–water partition coefficient (Wildman–Crippen LogP) is 1.75. The van der Waals surface area contributed by atoms with Crippen molar-refractivity contribution in [2.45, 2.75) is 43.7 Å². The molecule has 0 spiro atoms. The van der Waals surface area contributed by atoms with Crippen LogP contribution in [0.1, 0.15) is 24.2 Å². The van der Waals surface area contributed by atoms with Crippen LogP contribution < -0.4 is 0 Å². The van der Waals surface area contributed by atoms with Gasteiger partial charge in [-0.15, -0.1) is 0 Å². The van der Waals surface area contributed by atoms with Crippen LogP contribution in [0, 0.1) is 0 Å². The standard InChI is InChI=1S/C19H25N5O3S/c1-22(12-15-10-20-18-7-3-4-8-23(15)18)13-16-11-21-19(28(2,25)26)24(16)14-17-6-5-9-27-17/h3-4,7-8,10-11,17H,5-6,9,12-14H2,1-2H3/t17-/m1/s1. The fourth-order valence-electron chi connectivity index (χ4n) is 3.71. The molecule has 0 saturated carbocycles. The Morgan fingerprint density at radius 3 is 2.75 bits per heavy atom. The summed E-state index contributed by atoms with van der Waals surface area (Å²) in [4.78, 5) is 10.8. The summed E-state index contributed by atoms with van der Waals surface area (Å²) < 4.78 is 33.9. The third kappa shape index (κ3) is 3.96. The minimum Gasteiger partial charge on any atom is -0.376 e. The lowest BCUT2D eigenvalue weighted by atomic mass is 10.2. The van der Waals surface area contributed by atoms with Gasteiger partial charge >= 0.3 is 0 Å². The first-order valence-electron chi connectivity index (χ1n) is 9.37. The van der Waals surface area contributed by atoms with Gasteiger partial charge in [-0.2, -0.15) is 0 Å². The largest absolute Gasteiger partial charge is 0.376 e. The topological polar surface area (TPSA) is 81.7 Å². The van der Waals surface area contributed by atoms with E-state index in [2.05, 4.69) is 19.3 Å². The van der Waals surface area contributed by atoms with Gasteiger partial charge in [0.1, 0.15) is 5.65 Å². The van der Waals surface area contributed by atoms with Crippen LogP contribution >= 0.6 is 0 Å². The SMILES string of the molecule is CN(Cc1cnc(S(C)(=O)=O)n1C[C@H]1CCCO1)Cc1cnc2ccccn12. The monoisotopic (exact) mass is 403 g/mol. The molecule has 1 aliphatic rings. The molecule has 9 heteroatoms. The van der Waals surface area contributed by atoms with Gasteiger partial charge in [0, 0.05) is 32.1 Å². The first-order valence-corrected chi connectivity index (χ1v) is 11.3. The molecule has 1 saturated heterocycles. The minimum absolute atomic E-state index is 0.0394. The van der Waals surface area contributed by atoms with Crippen molar-refractivity contribution in [3.8, 4) is 0 Å². The van der Waals surface area contributed by atoms with Crippen LogP contribution in [0.25, 0.3) is 5.65 Å². The average molecular weight is 404 g/mol. The fraction of sp³-hybridized carbons (Fsp3) is 0.474. The molecule has 150 valence electrons. The molecule has 4 rings (SSSR count). The van der Waals surface area contributed by atoms with Crippen LogP contribution in [0.3, 0.4) is 0 Å². The van der Waals surface area contributed by atoms with Crippen molar-refractivity contribution < 1.29 is 13.2 Å². The highest BCUT2D eigenvalue weighted by Crippen LogP contribution is 2.20. The van der Waals surface area contributed by atoms with Gasteiger partial charge in [0.25, 0.3) is 0 Å². The molecule has 0 aliphatic carbocycles. The van der Waals surface area contributed by atoms with Crippen molar-refractivity contribution in [2.24, 2.45) is 0 Å². The summed E-state index contributed by atoms with van der Waals surface area (Å²) in [5, 5.41) is 0.112. The van der Waals surface area contributed by atoms with E-state index in [9.17, 15) is 8.42 Å². The van der Waals surface area contributed by atoms with E-state index in [1.54, 1.807) is 10.8 Å². The Hall–Kier alpha value is -2.23. The number of hydrogen-bond acceptors (Lipinski definition) is 6. The van der Waals surface area contributed by atoms with Gasteiger partial charge in [-0.05, 0) is 32.0 Å². The van der Waals surface area contributed by atoms with Gasteiger partial charge in [0.15, 0.2) is 0 Å². The summed E-state index contributed by atoms with van der Waals surface area (Å²) in [7, 11) is -1.40. The van der Waals surface area contributed by atoms with Gasteiger partial charge in [-0.3, -0.25) is 4.90 Å². The second-order valence-electron chi connectivity index (χ2n) is 7.40. The molecule has 0 amide bonds. The van der Waals surface area contributed by atoms with Crippen molar-refractivity contribution in [3.05, 3.63) is 48.2 Å². The van der Waals surface area contributed by atoms with E-state index in [0.717, 1.165) is 36.5 Å². The van der Waals surface area contributed by atoms with Crippen molar-refractivity contribution in [3.63, 3.8) is 0 Å². The number of rotatable bonds is 7. The second-order valence-corrected chi connectivity index (χ2v) is 9.31. The number of imidazole rings is 2. The first kappa shape index (κ1) is 19.1. The second kappa shape index (κ2) is 7.65. The highest BCUT2D eigenvalue weighted by atomic mass is 32.2. The molecule has 3 aromatic heterocycles. The van der Waals surface area contributed by atoms with Crippen molar-refractivity contribution in [1.29, 1.82) is 0 Å². The Morgan fingerprint density at radius 2 is 2.00 bits per heavy atom. The molecule has 0 bridgehead atoms. The third-order valence-electron chi connectivity index (χ3n) is 5.00. The number of ether oxygens (including phenoxy) is 1. The van der Waals surface area contributed by atoms with Crippen molar-refractivity contribution >= 4 is 15.5 Å². The Labute approximate surface area is 164 Å². The quantitative estimate of drug-likeness (QED) is 0.598. The van der Waals surface area contributed by atoms with Crippen LogP contribution in [0.15, 0.2) is 41.9 Å². The Morgan fingerprint density at radius 1 is 1.21 bits per heavy atom. The molecular formula is C19H25N5O3S. The Kier molecular flexibility index (Phi) is 5.22. The molecule has 3 aromatic rings. The molecule has 0 radical (unpaired) electrons. The molecule has 0 N–H and O–H groups in total. The molecule has 8 nitrogen and oxygen atoms in total. The third-order valence-corrected chi connectivity index (χ3v) is 5.99. The zero-order valence-electron chi connectivity index (χ0n) is 16.2. The maximum Gasteiger partial charge on any atom is 0.227 e. The summed E-state index contributed by atoms with van der Waals surface area (Å²) in [6.07, 6.45) is 8.73. The molecule has 1 atom stereocenters. The normalized spacial score (nSPS) is 17.8. The van der Waals surface area contributed by atoms with Gasteiger partial charge in [-0.25, -0.2) is 18.4 Å². The van der Waals surface area contributed by atoms with E-state index in [0.29, 0.717) is 19.6 Å². The number of fused-ring (bicyclic) bond motifs is 1. The summed E-state index contributed by atoms with van der Waals surface area (Å²) in [6.45, 7) is 2.51. The van der Waals surface area contributed by atoms with Crippen molar-refractivity contribution in [2.75, 3.05) is 19.9 Å². The maximum atomic E-state index is 12.2. The summed E-state index contributed by atoms with van der Waals surface area (Å²) in [5.41, 5.74) is 2.85. The van der Waals surface area contributed by atoms with Crippen LogP contribution in [0.4, 0.5) is 0 Å². The number of sulfone groups is 1. The van der Waals surface area contributed by atoms with E-state index >= 15 is 0 Å². The summed E-state index contributed by atoms with van der Waals surface area (Å²) in [5.74, 6) is 0. The zero-order chi connectivity index (χ0) is 19.7. The van der Waals surface area contributed by atoms with Crippen molar-refractivity contribution in [1.82, 2.24) is 23.8 Å². The lowest BCUT2D eigenvalue weighted by Crippen LogP contribution is -2.24. The van der Waals surface area contributed by atoms with E-state index < -0.39 is 9.84 Å². The lowest BCUT2D eigenvalue weighted by molar-refractivity contribution is 0.0934. The molecule has 1 fully saturated rings.